The van der Waals surface area contributed by atoms with Gasteiger partial charge in [-0.25, -0.2) is 9.78 Å². The van der Waals surface area contributed by atoms with E-state index in [2.05, 4.69) is 23.4 Å². The van der Waals surface area contributed by atoms with Gasteiger partial charge < -0.3 is 9.67 Å². The van der Waals surface area contributed by atoms with Crippen molar-refractivity contribution in [3.63, 3.8) is 0 Å². The summed E-state index contributed by atoms with van der Waals surface area (Å²) in [6.45, 7) is 6.08. The van der Waals surface area contributed by atoms with Crippen LogP contribution in [-0.4, -0.2) is 20.6 Å². The lowest BCUT2D eigenvalue weighted by Crippen LogP contribution is -2.02. The van der Waals surface area contributed by atoms with Gasteiger partial charge in [0.15, 0.2) is 0 Å². The molecule has 1 N–H and O–H groups in total. The number of aromatic carboxylic acids is 1. The molecule has 0 amide bonds. The number of carboxylic acid groups (broad SMARTS) is 1. The SMILES string of the molecule is CCCC(C)n1cc(Cl)c2cc(-c3nc(C)c(C(=O)O)s3)ccc21. The monoisotopic (exact) mass is 362 g/mol. The van der Waals surface area contributed by atoms with E-state index in [-0.39, 0.29) is 4.88 Å². The summed E-state index contributed by atoms with van der Waals surface area (Å²) in [5.74, 6) is -0.935. The second-order valence-corrected chi connectivity index (χ2v) is 7.40. The Morgan fingerprint density at radius 3 is 2.83 bits per heavy atom. The van der Waals surface area contributed by atoms with E-state index >= 15 is 0 Å². The fourth-order valence-corrected chi connectivity index (χ4v) is 4.14. The molecule has 0 fully saturated rings. The summed E-state index contributed by atoms with van der Waals surface area (Å²) in [5, 5.41) is 11.6. The zero-order chi connectivity index (χ0) is 17.4. The third-order valence-electron chi connectivity index (χ3n) is 4.20. The van der Waals surface area contributed by atoms with Gasteiger partial charge in [0, 0.05) is 28.7 Å². The number of benzene rings is 1. The largest absolute Gasteiger partial charge is 0.477 e. The maximum Gasteiger partial charge on any atom is 0.347 e. The van der Waals surface area contributed by atoms with Crippen molar-refractivity contribution in [3.05, 3.63) is 40.0 Å². The molecule has 1 atom stereocenters. The number of thiazole rings is 1. The third-order valence-corrected chi connectivity index (χ3v) is 5.70. The number of hydrogen-bond donors (Lipinski definition) is 1. The molecule has 0 radical (unpaired) electrons. The quantitative estimate of drug-likeness (QED) is 0.625. The lowest BCUT2D eigenvalue weighted by molar-refractivity contribution is 0.0701. The summed E-state index contributed by atoms with van der Waals surface area (Å²) in [6, 6.07) is 6.41. The molecule has 24 heavy (non-hydrogen) atoms. The van der Waals surface area contributed by atoms with E-state index in [9.17, 15) is 9.90 Å². The Morgan fingerprint density at radius 1 is 1.46 bits per heavy atom. The zero-order valence-electron chi connectivity index (χ0n) is 13.8. The molecule has 126 valence electrons. The van der Waals surface area contributed by atoms with Crippen molar-refractivity contribution in [2.45, 2.75) is 39.7 Å². The molecular formula is C18H19ClN2O2S. The highest BCUT2D eigenvalue weighted by Gasteiger charge is 2.17. The Balaban J connectivity index is 2.08. The topological polar surface area (TPSA) is 55.1 Å². The van der Waals surface area contributed by atoms with Crippen LogP contribution in [-0.2, 0) is 0 Å². The smallest absolute Gasteiger partial charge is 0.347 e. The first kappa shape index (κ1) is 17.0. The molecule has 0 aliphatic carbocycles. The van der Waals surface area contributed by atoms with Crippen molar-refractivity contribution in [1.29, 1.82) is 0 Å². The minimum absolute atomic E-state index is 0.283. The fourth-order valence-electron chi connectivity index (χ4n) is 2.99. The van der Waals surface area contributed by atoms with Gasteiger partial charge in [-0.05, 0) is 38.5 Å². The van der Waals surface area contributed by atoms with Crippen molar-refractivity contribution in [2.24, 2.45) is 0 Å². The van der Waals surface area contributed by atoms with Crippen LogP contribution in [0.4, 0.5) is 0 Å². The molecule has 1 aromatic carbocycles. The highest BCUT2D eigenvalue weighted by Crippen LogP contribution is 2.35. The molecule has 0 saturated carbocycles. The molecule has 6 heteroatoms. The molecule has 0 aliphatic heterocycles. The molecule has 0 bridgehead atoms. The molecule has 2 heterocycles. The molecule has 1 unspecified atom stereocenters. The second kappa shape index (κ2) is 6.57. The van der Waals surface area contributed by atoms with Gasteiger partial charge in [-0.1, -0.05) is 24.9 Å². The van der Waals surface area contributed by atoms with Crippen molar-refractivity contribution in [2.75, 3.05) is 0 Å². The number of aromatic nitrogens is 2. The van der Waals surface area contributed by atoms with E-state index in [1.54, 1.807) is 6.92 Å². The van der Waals surface area contributed by atoms with Gasteiger partial charge in [0.05, 0.1) is 10.7 Å². The van der Waals surface area contributed by atoms with Crippen molar-refractivity contribution in [3.8, 4) is 10.6 Å². The molecule has 2 aromatic heterocycles. The number of carboxylic acids is 1. The fraction of sp³-hybridized carbons (Fsp3) is 0.333. The first-order valence-electron chi connectivity index (χ1n) is 7.93. The Kier molecular flexibility index (Phi) is 4.65. The third kappa shape index (κ3) is 2.94. The van der Waals surface area contributed by atoms with Crippen LogP contribution in [0, 0.1) is 6.92 Å². The summed E-state index contributed by atoms with van der Waals surface area (Å²) in [7, 11) is 0. The van der Waals surface area contributed by atoms with E-state index in [1.165, 1.54) is 11.3 Å². The van der Waals surface area contributed by atoms with Crippen LogP contribution >= 0.6 is 22.9 Å². The summed E-state index contributed by atoms with van der Waals surface area (Å²) >= 11 is 7.63. The first-order valence-corrected chi connectivity index (χ1v) is 9.13. The van der Waals surface area contributed by atoms with Gasteiger partial charge in [0.1, 0.15) is 9.88 Å². The minimum Gasteiger partial charge on any atom is -0.477 e. The molecule has 0 aliphatic rings. The Labute approximate surface area is 149 Å². The number of fused-ring (bicyclic) bond motifs is 1. The minimum atomic E-state index is -0.935. The van der Waals surface area contributed by atoms with Gasteiger partial charge in [-0.2, -0.15) is 0 Å². The Bertz CT molecular complexity index is 913. The maximum absolute atomic E-state index is 11.2. The van der Waals surface area contributed by atoms with Crippen molar-refractivity contribution in [1.82, 2.24) is 9.55 Å². The second-order valence-electron chi connectivity index (χ2n) is 5.99. The maximum atomic E-state index is 11.2. The predicted molar refractivity (Wildman–Crippen MR) is 99.4 cm³/mol. The molecule has 4 nitrogen and oxygen atoms in total. The molecule has 3 rings (SSSR count). The number of nitrogens with zero attached hydrogens (tertiary/aromatic N) is 2. The van der Waals surface area contributed by atoms with Gasteiger partial charge in [-0.15, -0.1) is 11.3 Å². The van der Waals surface area contributed by atoms with Crippen LogP contribution in [0.15, 0.2) is 24.4 Å². The summed E-state index contributed by atoms with van der Waals surface area (Å²) in [6.07, 6.45) is 4.19. The normalized spacial score (nSPS) is 12.7. The summed E-state index contributed by atoms with van der Waals surface area (Å²) in [4.78, 5) is 15.9. The van der Waals surface area contributed by atoms with E-state index < -0.39 is 5.97 Å². The van der Waals surface area contributed by atoms with E-state index in [1.807, 2.05) is 24.4 Å². The molecular weight excluding hydrogens is 344 g/mol. The van der Waals surface area contributed by atoms with Gasteiger partial charge in [0.2, 0.25) is 0 Å². The highest BCUT2D eigenvalue weighted by atomic mass is 35.5. The number of carbonyl (C=O) groups is 1. The lowest BCUT2D eigenvalue weighted by atomic mass is 10.1. The van der Waals surface area contributed by atoms with Crippen LogP contribution in [0.5, 0.6) is 0 Å². The molecule has 0 spiro atoms. The van der Waals surface area contributed by atoms with Crippen LogP contribution in [0.2, 0.25) is 5.02 Å². The van der Waals surface area contributed by atoms with Crippen LogP contribution < -0.4 is 0 Å². The summed E-state index contributed by atoms with van der Waals surface area (Å²) in [5.41, 5.74) is 2.53. The standard InChI is InChI=1S/C18H19ClN2O2S/c1-4-5-10(2)21-9-14(19)13-8-12(6-7-15(13)21)17-20-11(3)16(24-17)18(22)23/h6-10H,4-5H2,1-3H3,(H,22,23). The van der Waals surface area contributed by atoms with Crippen molar-refractivity contribution >= 4 is 39.8 Å². The Hall–Kier alpha value is -1.85. The molecule has 0 saturated heterocycles. The number of hydrogen-bond acceptors (Lipinski definition) is 3. The number of halogens is 1. The lowest BCUT2D eigenvalue weighted by Gasteiger charge is -2.14. The average molecular weight is 363 g/mol. The van der Waals surface area contributed by atoms with E-state index in [0.717, 1.165) is 29.3 Å². The van der Waals surface area contributed by atoms with E-state index in [4.69, 9.17) is 11.6 Å². The van der Waals surface area contributed by atoms with Crippen LogP contribution in [0.25, 0.3) is 21.5 Å². The average Bonchev–Trinajstić information content (AvgIpc) is 3.08. The number of rotatable bonds is 5. The highest BCUT2D eigenvalue weighted by molar-refractivity contribution is 7.17. The van der Waals surface area contributed by atoms with Crippen LogP contribution in [0.3, 0.4) is 0 Å². The summed E-state index contributed by atoms with van der Waals surface area (Å²) < 4.78 is 2.21. The first-order chi connectivity index (χ1) is 11.4. The molecule has 3 aromatic rings. The Morgan fingerprint density at radius 2 is 2.21 bits per heavy atom. The zero-order valence-corrected chi connectivity index (χ0v) is 15.4. The number of aryl methyl sites for hydroxylation is 1. The van der Waals surface area contributed by atoms with Gasteiger partial charge >= 0.3 is 5.97 Å². The predicted octanol–water partition coefficient (Wildman–Crippen LogP) is 5.79. The van der Waals surface area contributed by atoms with Gasteiger partial charge in [-0.3, -0.25) is 0 Å². The van der Waals surface area contributed by atoms with Gasteiger partial charge in [0.25, 0.3) is 0 Å². The van der Waals surface area contributed by atoms with E-state index in [0.29, 0.717) is 21.8 Å². The van der Waals surface area contributed by atoms with Crippen molar-refractivity contribution < 1.29 is 9.90 Å². The van der Waals surface area contributed by atoms with Crippen LogP contribution in [0.1, 0.15) is 48.1 Å².